The summed E-state index contributed by atoms with van der Waals surface area (Å²) in [4.78, 5) is 30.1. The first-order chi connectivity index (χ1) is 17.8. The molecule has 0 aliphatic rings. The van der Waals surface area contributed by atoms with E-state index in [9.17, 15) is 14.0 Å². The minimum Gasteiger partial charge on any atom is -0.482 e. The van der Waals surface area contributed by atoms with Crippen molar-refractivity contribution in [2.45, 2.75) is 26.2 Å². The Balaban J connectivity index is 1.53. The zero-order valence-electron chi connectivity index (χ0n) is 20.0. The van der Waals surface area contributed by atoms with E-state index in [0.29, 0.717) is 22.3 Å². The van der Waals surface area contributed by atoms with E-state index in [0.717, 1.165) is 10.9 Å². The quantitative estimate of drug-likeness (QED) is 0.244. The van der Waals surface area contributed by atoms with Crippen LogP contribution in [0, 0.1) is 5.82 Å². The van der Waals surface area contributed by atoms with Crippen LogP contribution in [0.1, 0.15) is 37.6 Å². The zero-order valence-corrected chi connectivity index (χ0v) is 22.4. The lowest BCUT2D eigenvalue weighted by atomic mass is 10.1. The second kappa shape index (κ2) is 11.7. The Morgan fingerprint density at radius 3 is 2.76 bits per heavy atom. The summed E-state index contributed by atoms with van der Waals surface area (Å²) < 4.78 is 21.3. The third kappa shape index (κ3) is 6.23. The molecule has 0 saturated heterocycles. The van der Waals surface area contributed by atoms with Crippen LogP contribution in [-0.4, -0.2) is 28.4 Å². The van der Waals surface area contributed by atoms with Gasteiger partial charge in [-0.3, -0.25) is 9.59 Å². The average molecular weight is 586 g/mol. The SMILES string of the molecule is CC[C@H](C)c1nc2ccc(Br)cc2c(=O)n1N=Cc1ccc(OCC(=O)Nc2ccccc2F)c(Cl)c1. The highest BCUT2D eigenvalue weighted by Gasteiger charge is 2.16. The summed E-state index contributed by atoms with van der Waals surface area (Å²) in [7, 11) is 0. The van der Waals surface area contributed by atoms with Gasteiger partial charge in [0.15, 0.2) is 6.61 Å². The third-order valence-electron chi connectivity index (χ3n) is 5.67. The molecule has 0 unspecified atom stereocenters. The highest BCUT2D eigenvalue weighted by Crippen LogP contribution is 2.25. The summed E-state index contributed by atoms with van der Waals surface area (Å²) in [6.07, 6.45) is 2.30. The molecule has 1 aromatic heterocycles. The lowest BCUT2D eigenvalue weighted by molar-refractivity contribution is -0.118. The van der Waals surface area contributed by atoms with Crippen molar-refractivity contribution in [1.29, 1.82) is 0 Å². The number of aromatic nitrogens is 2. The molecular formula is C27H23BrClFN4O3. The number of halogens is 3. The van der Waals surface area contributed by atoms with Crippen molar-refractivity contribution in [2.24, 2.45) is 5.10 Å². The number of hydrogen-bond acceptors (Lipinski definition) is 5. The zero-order chi connectivity index (χ0) is 26.5. The molecule has 1 amide bonds. The van der Waals surface area contributed by atoms with Crippen LogP contribution in [0.25, 0.3) is 10.9 Å². The number of para-hydroxylation sites is 1. The van der Waals surface area contributed by atoms with Gasteiger partial charge in [-0.25, -0.2) is 9.37 Å². The molecule has 0 spiro atoms. The predicted molar refractivity (Wildman–Crippen MR) is 147 cm³/mol. The van der Waals surface area contributed by atoms with Gasteiger partial charge >= 0.3 is 0 Å². The van der Waals surface area contributed by atoms with Crippen LogP contribution in [0.15, 0.2) is 75.0 Å². The molecule has 3 aromatic carbocycles. The van der Waals surface area contributed by atoms with E-state index < -0.39 is 11.7 Å². The summed E-state index contributed by atoms with van der Waals surface area (Å²) in [6, 6.07) is 16.1. The molecule has 1 heterocycles. The first-order valence-corrected chi connectivity index (χ1v) is 12.7. The molecule has 37 heavy (non-hydrogen) atoms. The topological polar surface area (TPSA) is 85.6 Å². The molecule has 4 aromatic rings. The minimum absolute atomic E-state index is 0.00719. The summed E-state index contributed by atoms with van der Waals surface area (Å²) in [5.41, 5.74) is 1.02. The number of benzene rings is 3. The number of carbonyl (C=O) groups is 1. The maximum Gasteiger partial charge on any atom is 0.282 e. The van der Waals surface area contributed by atoms with Crippen molar-refractivity contribution >= 4 is 56.2 Å². The summed E-state index contributed by atoms with van der Waals surface area (Å²) in [6.45, 7) is 3.66. The highest BCUT2D eigenvalue weighted by atomic mass is 79.9. The normalized spacial score (nSPS) is 12.1. The van der Waals surface area contributed by atoms with E-state index in [2.05, 4.69) is 31.3 Å². The first kappa shape index (κ1) is 26.5. The number of nitrogens with one attached hydrogen (secondary N) is 1. The van der Waals surface area contributed by atoms with E-state index in [-0.39, 0.29) is 34.5 Å². The maximum atomic E-state index is 13.7. The second-order valence-electron chi connectivity index (χ2n) is 8.31. The fourth-order valence-corrected chi connectivity index (χ4v) is 4.11. The molecule has 0 radical (unpaired) electrons. The second-order valence-corrected chi connectivity index (χ2v) is 9.63. The molecule has 10 heteroatoms. The molecular weight excluding hydrogens is 563 g/mol. The van der Waals surface area contributed by atoms with Gasteiger partial charge in [0.2, 0.25) is 0 Å². The van der Waals surface area contributed by atoms with Crippen LogP contribution < -0.4 is 15.6 Å². The van der Waals surface area contributed by atoms with Crippen LogP contribution in [0.2, 0.25) is 5.02 Å². The third-order valence-corrected chi connectivity index (χ3v) is 6.46. The largest absolute Gasteiger partial charge is 0.482 e. The van der Waals surface area contributed by atoms with Crippen molar-refractivity contribution in [3.8, 4) is 5.75 Å². The van der Waals surface area contributed by atoms with Gasteiger partial charge in [-0.05, 0) is 60.5 Å². The molecule has 0 aliphatic carbocycles. The van der Waals surface area contributed by atoms with Crippen molar-refractivity contribution < 1.29 is 13.9 Å². The van der Waals surface area contributed by atoms with Gasteiger partial charge in [-0.2, -0.15) is 9.78 Å². The van der Waals surface area contributed by atoms with Crippen molar-refractivity contribution in [3.05, 3.63) is 97.7 Å². The van der Waals surface area contributed by atoms with Crippen molar-refractivity contribution in [2.75, 3.05) is 11.9 Å². The molecule has 4 rings (SSSR count). The van der Waals surface area contributed by atoms with Crippen molar-refractivity contribution in [1.82, 2.24) is 9.66 Å². The summed E-state index contributed by atoms with van der Waals surface area (Å²) in [5.74, 6) is -0.225. The number of amides is 1. The number of carbonyl (C=O) groups excluding carboxylic acids is 1. The predicted octanol–water partition coefficient (Wildman–Crippen LogP) is 6.36. The standard InChI is InChI=1S/C27H23BrClFN4O3/c1-3-16(2)26-33-22-10-9-18(28)13-19(22)27(36)34(26)31-14-17-8-11-24(20(29)12-17)37-15-25(35)32-23-7-5-4-6-21(23)30/h4-14,16H,3,15H2,1-2H3,(H,32,35)/t16-/m0/s1. The molecule has 0 saturated carbocycles. The fraction of sp³-hybridized carbons (Fsp3) is 0.185. The Kier molecular flexibility index (Phi) is 8.35. The Morgan fingerprint density at radius 1 is 1.24 bits per heavy atom. The van der Waals surface area contributed by atoms with Gasteiger partial charge in [0, 0.05) is 10.4 Å². The van der Waals surface area contributed by atoms with E-state index >= 15 is 0 Å². The maximum absolute atomic E-state index is 13.7. The summed E-state index contributed by atoms with van der Waals surface area (Å²) in [5, 5.41) is 7.57. The monoisotopic (exact) mass is 584 g/mol. The number of ether oxygens (including phenoxy) is 1. The Morgan fingerprint density at radius 2 is 2.03 bits per heavy atom. The molecule has 1 atom stereocenters. The molecule has 0 bridgehead atoms. The smallest absolute Gasteiger partial charge is 0.282 e. The minimum atomic E-state index is -0.539. The first-order valence-electron chi connectivity index (χ1n) is 11.5. The summed E-state index contributed by atoms with van der Waals surface area (Å²) >= 11 is 9.75. The van der Waals surface area contributed by atoms with Gasteiger partial charge in [0.25, 0.3) is 11.5 Å². The van der Waals surface area contributed by atoms with Crippen LogP contribution in [0.3, 0.4) is 0 Å². The fourth-order valence-electron chi connectivity index (χ4n) is 3.51. The Hall–Kier alpha value is -3.56. The van der Waals surface area contributed by atoms with Gasteiger partial charge in [-0.1, -0.05) is 53.5 Å². The van der Waals surface area contributed by atoms with Gasteiger partial charge in [0.1, 0.15) is 17.4 Å². The number of hydrogen-bond donors (Lipinski definition) is 1. The van der Waals surface area contributed by atoms with E-state index in [1.54, 1.807) is 36.4 Å². The number of anilines is 1. The van der Waals surface area contributed by atoms with Crippen LogP contribution in [0.5, 0.6) is 5.75 Å². The van der Waals surface area contributed by atoms with E-state index in [4.69, 9.17) is 16.3 Å². The van der Waals surface area contributed by atoms with E-state index in [1.807, 2.05) is 19.9 Å². The molecule has 1 N–H and O–H groups in total. The Labute approximate surface area is 226 Å². The van der Waals surface area contributed by atoms with Gasteiger partial charge in [0.05, 0.1) is 27.8 Å². The van der Waals surface area contributed by atoms with E-state index in [1.165, 1.54) is 29.1 Å². The van der Waals surface area contributed by atoms with Gasteiger partial charge in [-0.15, -0.1) is 0 Å². The molecule has 7 nitrogen and oxygen atoms in total. The number of fused-ring (bicyclic) bond motifs is 1. The van der Waals surface area contributed by atoms with Crippen LogP contribution >= 0.6 is 27.5 Å². The Bertz CT molecular complexity index is 1560. The van der Waals surface area contributed by atoms with Crippen molar-refractivity contribution in [3.63, 3.8) is 0 Å². The number of rotatable bonds is 8. The van der Waals surface area contributed by atoms with Gasteiger partial charge < -0.3 is 10.1 Å². The lowest BCUT2D eigenvalue weighted by Crippen LogP contribution is -2.23. The molecule has 190 valence electrons. The van der Waals surface area contributed by atoms with Crippen LogP contribution in [-0.2, 0) is 4.79 Å². The van der Waals surface area contributed by atoms with Crippen LogP contribution in [0.4, 0.5) is 10.1 Å². The average Bonchev–Trinajstić information content (AvgIpc) is 2.88. The molecule has 0 aliphatic heterocycles. The highest BCUT2D eigenvalue weighted by molar-refractivity contribution is 9.10. The lowest BCUT2D eigenvalue weighted by Gasteiger charge is -2.14. The molecule has 0 fully saturated rings. The number of nitrogens with zero attached hydrogens (tertiary/aromatic N) is 3.